The molecular weight excluding hydrogens is 384 g/mol. The Labute approximate surface area is 165 Å². The first-order valence-corrected chi connectivity index (χ1v) is 10.4. The van der Waals surface area contributed by atoms with Gasteiger partial charge >= 0.3 is 6.09 Å². The monoisotopic (exact) mass is 404 g/mol. The van der Waals surface area contributed by atoms with Crippen molar-refractivity contribution in [1.29, 1.82) is 0 Å². The molecule has 0 aliphatic heterocycles. The summed E-state index contributed by atoms with van der Waals surface area (Å²) < 4.78 is 4.51. The number of thioether (sulfide) groups is 1. The number of hydrogen-bond acceptors (Lipinski definition) is 6. The molecule has 1 aliphatic carbocycles. The molecule has 3 rings (SSSR count). The summed E-state index contributed by atoms with van der Waals surface area (Å²) in [7, 11) is 1.20. The summed E-state index contributed by atoms with van der Waals surface area (Å²) in [5.41, 5.74) is 1.84. The predicted octanol–water partition coefficient (Wildman–Crippen LogP) is 4.10. The highest BCUT2D eigenvalue weighted by Gasteiger charge is 2.29. The molecule has 2 N–H and O–H groups in total. The number of alkyl carbamates (subject to hydrolysis) is 1. The first-order chi connectivity index (χ1) is 13.0. The molecule has 0 fully saturated rings. The molecule has 1 aromatic heterocycles. The fourth-order valence-electron chi connectivity index (χ4n) is 3.04. The molecule has 27 heavy (non-hydrogen) atoms. The number of ether oxygens (including phenoxy) is 1. The fraction of sp³-hybridized carbons (Fsp3) is 0.316. The van der Waals surface area contributed by atoms with E-state index in [0.717, 1.165) is 40.4 Å². The summed E-state index contributed by atoms with van der Waals surface area (Å²) in [5, 5.41) is 5.55. The van der Waals surface area contributed by atoms with Gasteiger partial charge in [0.15, 0.2) is 0 Å². The van der Waals surface area contributed by atoms with Crippen molar-refractivity contribution in [3.63, 3.8) is 0 Å². The summed E-state index contributed by atoms with van der Waals surface area (Å²) in [6, 6.07) is 7.38. The molecule has 0 atom stereocenters. The van der Waals surface area contributed by atoms with Crippen molar-refractivity contribution < 1.29 is 19.1 Å². The number of hydrogen-bond donors (Lipinski definition) is 2. The van der Waals surface area contributed by atoms with E-state index in [9.17, 15) is 14.4 Å². The van der Waals surface area contributed by atoms with Crippen LogP contribution in [-0.4, -0.2) is 30.8 Å². The summed E-state index contributed by atoms with van der Waals surface area (Å²) in [5.74, 6) is 0.0380. The molecule has 0 saturated carbocycles. The molecule has 0 radical (unpaired) electrons. The number of imide groups is 1. The van der Waals surface area contributed by atoms with Gasteiger partial charge in [-0.25, -0.2) is 4.79 Å². The van der Waals surface area contributed by atoms with E-state index in [-0.39, 0.29) is 5.91 Å². The molecule has 0 spiro atoms. The van der Waals surface area contributed by atoms with Gasteiger partial charge in [0.2, 0.25) is 0 Å². The number of rotatable bonds is 5. The van der Waals surface area contributed by atoms with Gasteiger partial charge in [-0.3, -0.25) is 14.9 Å². The van der Waals surface area contributed by atoms with E-state index in [1.807, 2.05) is 25.1 Å². The van der Waals surface area contributed by atoms with Crippen LogP contribution in [0.5, 0.6) is 0 Å². The van der Waals surface area contributed by atoms with Crippen LogP contribution in [0.25, 0.3) is 0 Å². The number of benzene rings is 1. The first-order valence-electron chi connectivity index (χ1n) is 8.62. The third kappa shape index (κ3) is 4.17. The SMILES string of the molecule is CCSc1ccccc1C(=O)Nc1sc2c(c1C(=O)NC(=O)OC)CCC2. The zero-order chi connectivity index (χ0) is 19.4. The maximum Gasteiger partial charge on any atom is 0.413 e. The van der Waals surface area contributed by atoms with Crippen molar-refractivity contribution in [3.05, 3.63) is 45.8 Å². The van der Waals surface area contributed by atoms with E-state index in [2.05, 4.69) is 15.4 Å². The van der Waals surface area contributed by atoms with Gasteiger partial charge in [-0.15, -0.1) is 23.1 Å². The topological polar surface area (TPSA) is 84.5 Å². The van der Waals surface area contributed by atoms with E-state index < -0.39 is 12.0 Å². The third-order valence-electron chi connectivity index (χ3n) is 4.21. The van der Waals surface area contributed by atoms with E-state index in [4.69, 9.17) is 0 Å². The number of carbonyl (C=O) groups is 3. The van der Waals surface area contributed by atoms with Crippen molar-refractivity contribution >= 4 is 46.0 Å². The Morgan fingerprint density at radius 2 is 1.96 bits per heavy atom. The van der Waals surface area contributed by atoms with Crippen LogP contribution in [-0.2, 0) is 17.6 Å². The number of carbonyl (C=O) groups excluding carboxylic acids is 3. The molecule has 1 heterocycles. The van der Waals surface area contributed by atoms with Crippen molar-refractivity contribution in [2.24, 2.45) is 0 Å². The molecule has 0 bridgehead atoms. The van der Waals surface area contributed by atoms with Gasteiger partial charge in [-0.2, -0.15) is 0 Å². The Bertz CT molecular complexity index is 892. The zero-order valence-corrected chi connectivity index (χ0v) is 16.7. The summed E-state index contributed by atoms with van der Waals surface area (Å²) in [6.07, 6.45) is 1.77. The predicted molar refractivity (Wildman–Crippen MR) is 107 cm³/mol. The molecule has 3 amide bonds. The van der Waals surface area contributed by atoms with Crippen LogP contribution in [0.1, 0.15) is 44.5 Å². The van der Waals surface area contributed by atoms with Gasteiger partial charge in [0, 0.05) is 9.77 Å². The molecule has 6 nitrogen and oxygen atoms in total. The van der Waals surface area contributed by atoms with Crippen LogP contribution in [0, 0.1) is 0 Å². The Morgan fingerprint density at radius 1 is 1.19 bits per heavy atom. The highest BCUT2D eigenvalue weighted by atomic mass is 32.2. The quantitative estimate of drug-likeness (QED) is 0.733. The second kappa shape index (κ2) is 8.58. The van der Waals surface area contributed by atoms with Gasteiger partial charge in [0.25, 0.3) is 11.8 Å². The Kier molecular flexibility index (Phi) is 6.18. The van der Waals surface area contributed by atoms with E-state index in [1.54, 1.807) is 17.8 Å². The summed E-state index contributed by atoms with van der Waals surface area (Å²) in [6.45, 7) is 2.03. The Morgan fingerprint density at radius 3 is 2.70 bits per heavy atom. The lowest BCUT2D eigenvalue weighted by Crippen LogP contribution is -2.31. The Balaban J connectivity index is 1.90. The van der Waals surface area contributed by atoms with Gasteiger partial charge in [0.1, 0.15) is 5.00 Å². The smallest absolute Gasteiger partial charge is 0.413 e. The molecule has 8 heteroatoms. The van der Waals surface area contributed by atoms with E-state index in [1.165, 1.54) is 18.4 Å². The minimum atomic E-state index is -0.820. The van der Waals surface area contributed by atoms with E-state index >= 15 is 0 Å². The van der Waals surface area contributed by atoms with Gasteiger partial charge < -0.3 is 10.1 Å². The van der Waals surface area contributed by atoms with Crippen molar-refractivity contribution in [2.45, 2.75) is 31.1 Å². The highest BCUT2D eigenvalue weighted by molar-refractivity contribution is 7.99. The van der Waals surface area contributed by atoms with Crippen LogP contribution >= 0.6 is 23.1 Å². The number of anilines is 1. The molecule has 0 saturated heterocycles. The van der Waals surface area contributed by atoms with Crippen molar-refractivity contribution in [2.75, 3.05) is 18.2 Å². The number of fused-ring (bicyclic) bond motifs is 1. The maximum absolute atomic E-state index is 12.8. The maximum atomic E-state index is 12.8. The van der Waals surface area contributed by atoms with Gasteiger partial charge in [0.05, 0.1) is 18.2 Å². The molecule has 0 unspecified atom stereocenters. The number of thiophene rings is 1. The zero-order valence-electron chi connectivity index (χ0n) is 15.1. The van der Waals surface area contributed by atoms with Crippen molar-refractivity contribution in [1.82, 2.24) is 5.32 Å². The average molecular weight is 405 g/mol. The molecular formula is C19H20N2O4S2. The Hall–Kier alpha value is -2.32. The van der Waals surface area contributed by atoms with Gasteiger partial charge in [-0.05, 0) is 42.7 Å². The normalized spacial score (nSPS) is 12.4. The van der Waals surface area contributed by atoms with Crippen LogP contribution in [0.4, 0.5) is 9.80 Å². The lowest BCUT2D eigenvalue weighted by Gasteiger charge is -2.10. The van der Waals surface area contributed by atoms with Crippen LogP contribution in [0.15, 0.2) is 29.2 Å². The molecule has 1 aliphatic rings. The summed E-state index contributed by atoms with van der Waals surface area (Å²) in [4.78, 5) is 38.9. The molecule has 1 aromatic carbocycles. The minimum absolute atomic E-state index is 0.265. The lowest BCUT2D eigenvalue weighted by molar-refractivity contribution is 0.0937. The standard InChI is InChI=1S/C19H20N2O4S2/c1-3-26-13-9-5-4-7-12(13)16(22)20-18-15(17(23)21-19(24)25-2)11-8-6-10-14(11)27-18/h4-5,7,9H,3,6,8,10H2,1-2H3,(H,20,22)(H,21,23,24). The molecule has 2 aromatic rings. The van der Waals surface area contributed by atoms with Crippen molar-refractivity contribution in [3.8, 4) is 0 Å². The van der Waals surface area contributed by atoms with Gasteiger partial charge in [-0.1, -0.05) is 19.1 Å². The largest absolute Gasteiger partial charge is 0.453 e. The average Bonchev–Trinajstić information content (AvgIpc) is 3.22. The molecule has 142 valence electrons. The number of methoxy groups -OCH3 is 1. The first kappa shape index (κ1) is 19.4. The van der Waals surface area contributed by atoms with Crippen LogP contribution < -0.4 is 10.6 Å². The second-order valence-corrected chi connectivity index (χ2v) is 8.30. The lowest BCUT2D eigenvalue weighted by atomic mass is 10.1. The number of aryl methyl sites for hydroxylation is 1. The van der Waals surface area contributed by atoms with Crippen LogP contribution in [0.2, 0.25) is 0 Å². The number of nitrogens with one attached hydrogen (secondary N) is 2. The minimum Gasteiger partial charge on any atom is -0.453 e. The number of amides is 3. The third-order valence-corrected chi connectivity index (χ3v) is 6.37. The van der Waals surface area contributed by atoms with Crippen LogP contribution in [0.3, 0.4) is 0 Å². The fourth-order valence-corrected chi connectivity index (χ4v) is 5.13. The highest BCUT2D eigenvalue weighted by Crippen LogP contribution is 2.39. The second-order valence-electron chi connectivity index (χ2n) is 5.89. The summed E-state index contributed by atoms with van der Waals surface area (Å²) >= 11 is 2.99. The van der Waals surface area contributed by atoms with E-state index in [0.29, 0.717) is 16.1 Å².